The fourth-order valence-corrected chi connectivity index (χ4v) is 7.07. The number of hydrogen-bond donors (Lipinski definition) is 3. The molecule has 1 saturated heterocycles. The first kappa shape index (κ1) is 37.4. The van der Waals surface area contributed by atoms with Gasteiger partial charge in [0.1, 0.15) is 17.7 Å². The molecule has 7 rings (SSSR count). The second kappa shape index (κ2) is 16.5. The van der Waals surface area contributed by atoms with Gasteiger partial charge in [0.05, 0.1) is 24.1 Å². The van der Waals surface area contributed by atoms with Crippen LogP contribution in [-0.2, 0) is 16.8 Å². The van der Waals surface area contributed by atoms with Gasteiger partial charge in [-0.25, -0.2) is 4.79 Å². The van der Waals surface area contributed by atoms with E-state index in [1.165, 1.54) is 19.3 Å². The third kappa shape index (κ3) is 8.99. The highest BCUT2D eigenvalue weighted by Crippen LogP contribution is 2.39. The number of aromatic nitrogens is 6. The van der Waals surface area contributed by atoms with E-state index >= 15 is 0 Å². The van der Waals surface area contributed by atoms with Crippen molar-refractivity contribution >= 4 is 29.9 Å². The number of carboxylic acid groups (broad SMARTS) is 1. The summed E-state index contributed by atoms with van der Waals surface area (Å²) in [6, 6.07) is 13.9. The van der Waals surface area contributed by atoms with Crippen LogP contribution in [0, 0.1) is 0 Å². The minimum atomic E-state index is -0.250. The van der Waals surface area contributed by atoms with Gasteiger partial charge in [0, 0.05) is 32.0 Å². The summed E-state index contributed by atoms with van der Waals surface area (Å²) in [5.41, 5.74) is 4.92. The van der Waals surface area contributed by atoms with Crippen molar-refractivity contribution in [1.82, 2.24) is 39.2 Å². The maximum atomic E-state index is 13.7. The number of hydrogen-bond acceptors (Lipinski definition) is 8. The Morgan fingerprint density at radius 3 is 2.51 bits per heavy atom. The molecule has 14 nitrogen and oxygen atoms in total. The molecule has 14 heteroatoms. The average Bonchev–Trinajstić information content (AvgIpc) is 3.89. The topological polar surface area (TPSA) is 147 Å². The van der Waals surface area contributed by atoms with Crippen molar-refractivity contribution < 1.29 is 19.4 Å². The Morgan fingerprint density at radius 2 is 1.77 bits per heavy atom. The normalized spacial score (nSPS) is 17.2. The molecule has 2 aliphatic rings. The number of benzene rings is 1. The van der Waals surface area contributed by atoms with Gasteiger partial charge in [0.25, 0.3) is 6.47 Å². The van der Waals surface area contributed by atoms with Crippen LogP contribution in [-0.4, -0.2) is 85.2 Å². The molecule has 1 aliphatic heterocycles. The number of urea groups is 1. The van der Waals surface area contributed by atoms with Gasteiger partial charge in [-0.2, -0.15) is 5.10 Å². The summed E-state index contributed by atoms with van der Waals surface area (Å²) >= 11 is 0. The van der Waals surface area contributed by atoms with Crippen LogP contribution in [0.2, 0.25) is 0 Å². The van der Waals surface area contributed by atoms with E-state index < -0.39 is 0 Å². The van der Waals surface area contributed by atoms with E-state index in [-0.39, 0.29) is 30.1 Å². The third-order valence-electron chi connectivity index (χ3n) is 9.83. The first-order valence-electron chi connectivity index (χ1n) is 18.4. The number of piperidine rings is 1. The Kier molecular flexibility index (Phi) is 11.7. The van der Waals surface area contributed by atoms with E-state index in [1.54, 1.807) is 0 Å². The lowest BCUT2D eigenvalue weighted by molar-refractivity contribution is -0.122. The van der Waals surface area contributed by atoms with Crippen LogP contribution in [0.4, 0.5) is 16.6 Å². The number of carbonyl (C=O) groups excluding carboxylic acids is 1. The number of fused-ring (bicyclic) bond motifs is 2. The summed E-state index contributed by atoms with van der Waals surface area (Å²) in [7, 11) is 4.16. The molecule has 0 saturated carbocycles. The first-order chi connectivity index (χ1) is 25.5. The zero-order valence-electron chi connectivity index (χ0n) is 31.4. The lowest BCUT2D eigenvalue weighted by atomic mass is 9.85. The van der Waals surface area contributed by atoms with Gasteiger partial charge >= 0.3 is 6.03 Å². The SMILES string of the molecule is CN(C)CCCn1cc(-n2cc(C(C)(C)C)cc2NC(=O)N[C@H]2CC[C@@H](Oc3ccc4nnc(N5CCCCC5)n4c3)c3ccccc32)cn1.O=CO. The molecule has 5 heterocycles. The summed E-state index contributed by atoms with van der Waals surface area (Å²) in [5.74, 6) is 2.36. The summed E-state index contributed by atoms with van der Waals surface area (Å²) < 4.78 is 12.7. The van der Waals surface area contributed by atoms with E-state index in [2.05, 4.69) is 95.0 Å². The van der Waals surface area contributed by atoms with Gasteiger partial charge in [-0.1, -0.05) is 45.0 Å². The van der Waals surface area contributed by atoms with E-state index in [9.17, 15) is 4.79 Å². The molecule has 0 radical (unpaired) electrons. The van der Waals surface area contributed by atoms with Crippen molar-refractivity contribution in [1.29, 1.82) is 0 Å². The Hall–Kier alpha value is -5.37. The van der Waals surface area contributed by atoms with Crippen LogP contribution in [0.3, 0.4) is 0 Å². The molecule has 2 amide bonds. The monoisotopic (exact) mass is 724 g/mol. The lowest BCUT2D eigenvalue weighted by Crippen LogP contribution is -2.36. The molecule has 2 atom stereocenters. The van der Waals surface area contributed by atoms with Crippen LogP contribution in [0.1, 0.15) is 88.1 Å². The van der Waals surface area contributed by atoms with Crippen molar-refractivity contribution in [3.63, 3.8) is 0 Å². The van der Waals surface area contributed by atoms with Gasteiger partial charge in [0.2, 0.25) is 5.95 Å². The van der Waals surface area contributed by atoms with Crippen LogP contribution in [0.25, 0.3) is 11.3 Å². The third-order valence-corrected chi connectivity index (χ3v) is 9.83. The summed E-state index contributed by atoms with van der Waals surface area (Å²) in [4.78, 5) is 26.5. The molecule has 1 aromatic carbocycles. The highest BCUT2D eigenvalue weighted by Gasteiger charge is 2.30. The highest BCUT2D eigenvalue weighted by molar-refractivity contribution is 5.89. The fourth-order valence-electron chi connectivity index (χ4n) is 7.07. The smallest absolute Gasteiger partial charge is 0.320 e. The van der Waals surface area contributed by atoms with E-state index in [1.807, 2.05) is 56.5 Å². The minimum absolute atomic E-state index is 0.0921. The number of nitrogens with one attached hydrogen (secondary N) is 2. The Labute approximate surface area is 310 Å². The molecule has 3 N–H and O–H groups in total. The molecule has 1 fully saturated rings. The van der Waals surface area contributed by atoms with Crippen molar-refractivity contribution in [2.75, 3.05) is 43.9 Å². The molecular weight excluding hydrogens is 672 g/mol. The molecular formula is C39H52N10O4. The van der Waals surface area contributed by atoms with E-state index in [0.717, 1.165) is 85.2 Å². The van der Waals surface area contributed by atoms with Crippen LogP contribution in [0.15, 0.2) is 67.3 Å². The summed E-state index contributed by atoms with van der Waals surface area (Å²) in [6.45, 7) is 10.1. The molecule has 53 heavy (non-hydrogen) atoms. The van der Waals surface area contributed by atoms with Gasteiger partial charge in [-0.05, 0) is 99.5 Å². The maximum Gasteiger partial charge on any atom is 0.320 e. The second-order valence-corrected chi connectivity index (χ2v) is 15.1. The number of aryl methyl sites for hydroxylation is 1. The number of pyridine rings is 1. The quantitative estimate of drug-likeness (QED) is 0.139. The standard InChI is InChI=1S/C38H50N10O2.CH2O2/c1-38(2,3)27-22-35(47(24-27)28-23-39-46(25-28)21-11-18-44(4)5)41-36(49)40-32-15-16-33(31-13-8-7-12-30(31)32)50-29-14-17-34-42-43-37(48(34)26-29)45-19-9-6-10-20-45;2-1-3/h7-8,12-14,17,22-26,32-33H,6,9-11,15-16,18-21H2,1-5H3,(H2,40,41,49);1H,(H,2,3)/t32-,33+;/m0./s1. The predicted octanol–water partition coefficient (Wildman–Crippen LogP) is 6.43. The molecule has 282 valence electrons. The molecule has 0 spiro atoms. The van der Waals surface area contributed by atoms with Crippen molar-refractivity contribution in [3.8, 4) is 11.4 Å². The maximum absolute atomic E-state index is 13.7. The predicted molar refractivity (Wildman–Crippen MR) is 205 cm³/mol. The van der Waals surface area contributed by atoms with Gasteiger partial charge in [-0.3, -0.25) is 23.8 Å². The largest absolute Gasteiger partial charge is 0.484 e. The lowest BCUT2D eigenvalue weighted by Gasteiger charge is -2.32. The van der Waals surface area contributed by atoms with Crippen molar-refractivity contribution in [2.45, 2.75) is 83.4 Å². The number of ether oxygens (including phenoxy) is 1. The van der Waals surface area contributed by atoms with Crippen LogP contribution < -0.4 is 20.3 Å². The number of nitrogens with zero attached hydrogens (tertiary/aromatic N) is 8. The first-order valence-corrected chi connectivity index (χ1v) is 18.4. The van der Waals surface area contributed by atoms with E-state index in [4.69, 9.17) is 14.6 Å². The Balaban J connectivity index is 0.00000155. The molecule has 4 aromatic heterocycles. The van der Waals surface area contributed by atoms with Crippen molar-refractivity contribution in [3.05, 3.63) is 83.9 Å². The number of rotatable bonds is 10. The highest BCUT2D eigenvalue weighted by atomic mass is 16.5. The van der Waals surface area contributed by atoms with Gasteiger partial charge < -0.3 is 25.0 Å². The molecule has 1 aliphatic carbocycles. The number of carbonyl (C=O) groups is 2. The minimum Gasteiger partial charge on any atom is -0.484 e. The number of anilines is 2. The Morgan fingerprint density at radius 1 is 1.02 bits per heavy atom. The average molecular weight is 725 g/mol. The fraction of sp³-hybridized carbons (Fsp3) is 0.462. The number of amides is 2. The molecule has 5 aromatic rings. The zero-order valence-corrected chi connectivity index (χ0v) is 31.4. The van der Waals surface area contributed by atoms with Crippen molar-refractivity contribution in [2.24, 2.45) is 0 Å². The Bertz CT molecular complexity index is 1980. The van der Waals surface area contributed by atoms with Crippen LogP contribution in [0.5, 0.6) is 5.75 Å². The molecule has 0 unspecified atom stereocenters. The second-order valence-electron chi connectivity index (χ2n) is 15.1. The zero-order chi connectivity index (χ0) is 37.5. The molecule has 0 bridgehead atoms. The summed E-state index contributed by atoms with van der Waals surface area (Å²) in [6.07, 6.45) is 14.0. The van der Waals surface area contributed by atoms with Gasteiger partial charge in [-0.15, -0.1) is 10.2 Å². The van der Waals surface area contributed by atoms with Crippen LogP contribution >= 0.6 is 0 Å². The summed E-state index contributed by atoms with van der Waals surface area (Å²) in [5, 5.41) is 26.8. The van der Waals surface area contributed by atoms with Gasteiger partial charge in [0.15, 0.2) is 5.65 Å². The van der Waals surface area contributed by atoms with E-state index in [0.29, 0.717) is 5.82 Å².